The summed E-state index contributed by atoms with van der Waals surface area (Å²) in [5.41, 5.74) is 0. The summed E-state index contributed by atoms with van der Waals surface area (Å²) in [7, 11) is 0. The minimum atomic E-state index is 0. The van der Waals surface area contributed by atoms with Crippen molar-refractivity contribution < 1.29 is 20.4 Å². The van der Waals surface area contributed by atoms with Crippen molar-refractivity contribution in [3.05, 3.63) is 5.32 Å². The molecule has 2 heteroatoms. The molecule has 1 fully saturated rings. The van der Waals surface area contributed by atoms with E-state index < -0.39 is 0 Å². The van der Waals surface area contributed by atoms with Crippen molar-refractivity contribution >= 4 is 0 Å². The molecule has 0 aromatic carbocycles. The van der Waals surface area contributed by atoms with Crippen LogP contribution < -0.4 is 0 Å². The van der Waals surface area contributed by atoms with E-state index in [-0.39, 0.29) is 20.4 Å². The quantitative estimate of drug-likeness (QED) is 0.614. The third-order valence-corrected chi connectivity index (χ3v) is 0.882. The van der Waals surface area contributed by atoms with Crippen molar-refractivity contribution in [1.29, 1.82) is 0 Å². The molecule has 1 saturated heterocycles. The van der Waals surface area contributed by atoms with Gasteiger partial charge in [0, 0.05) is 20.4 Å². The SMILES string of the molecule is CC1C[N-]C1.[Re]. The molecule has 1 rings (SSSR count). The van der Waals surface area contributed by atoms with Crippen molar-refractivity contribution in [3.63, 3.8) is 0 Å². The topological polar surface area (TPSA) is 14.1 Å². The molecule has 6 heavy (non-hydrogen) atoms. The van der Waals surface area contributed by atoms with E-state index in [9.17, 15) is 0 Å². The van der Waals surface area contributed by atoms with Crippen LogP contribution in [0.5, 0.6) is 0 Å². The summed E-state index contributed by atoms with van der Waals surface area (Å²) < 4.78 is 0. The molecule has 0 atom stereocenters. The van der Waals surface area contributed by atoms with Gasteiger partial charge in [-0.25, -0.2) is 0 Å². The minimum absolute atomic E-state index is 0. The molecule has 37 valence electrons. The first kappa shape index (κ1) is 6.62. The summed E-state index contributed by atoms with van der Waals surface area (Å²) in [6, 6.07) is 0. The van der Waals surface area contributed by atoms with Gasteiger partial charge in [0.1, 0.15) is 0 Å². The van der Waals surface area contributed by atoms with Gasteiger partial charge in [-0.05, 0) is 0 Å². The Kier molecular flexibility index (Phi) is 3.02. The van der Waals surface area contributed by atoms with E-state index in [1.807, 2.05) is 0 Å². The van der Waals surface area contributed by atoms with E-state index >= 15 is 0 Å². The normalized spacial score (nSPS) is 21.5. The van der Waals surface area contributed by atoms with Gasteiger partial charge in [-0.3, -0.25) is 0 Å². The summed E-state index contributed by atoms with van der Waals surface area (Å²) in [5, 5.41) is 4.00. The Morgan fingerprint density at radius 2 is 1.83 bits per heavy atom. The zero-order valence-electron chi connectivity index (χ0n) is 3.82. The summed E-state index contributed by atoms with van der Waals surface area (Å²) in [4.78, 5) is 0. The van der Waals surface area contributed by atoms with Gasteiger partial charge >= 0.3 is 0 Å². The van der Waals surface area contributed by atoms with Crippen LogP contribution in [0.25, 0.3) is 5.32 Å². The zero-order chi connectivity index (χ0) is 3.70. The summed E-state index contributed by atoms with van der Waals surface area (Å²) in [6.45, 7) is 4.44. The van der Waals surface area contributed by atoms with E-state index in [1.54, 1.807) is 0 Å². The number of rotatable bonds is 0. The maximum absolute atomic E-state index is 4.00. The van der Waals surface area contributed by atoms with Crippen LogP contribution in [-0.2, 0) is 20.4 Å². The maximum atomic E-state index is 4.00. The molecule has 0 aliphatic carbocycles. The molecule has 0 saturated carbocycles. The first-order valence-corrected chi connectivity index (χ1v) is 2.03. The van der Waals surface area contributed by atoms with Gasteiger partial charge in [0.05, 0.1) is 0 Å². The first-order chi connectivity index (χ1) is 2.39. The molecule has 0 aromatic rings. The van der Waals surface area contributed by atoms with Crippen molar-refractivity contribution in [1.82, 2.24) is 0 Å². The molecule has 0 unspecified atom stereocenters. The summed E-state index contributed by atoms with van der Waals surface area (Å²) in [6.07, 6.45) is 0. The molecular weight excluding hydrogens is 248 g/mol. The Bertz CT molecular complexity index is 34.5. The summed E-state index contributed by atoms with van der Waals surface area (Å²) >= 11 is 0. The Morgan fingerprint density at radius 3 is 1.83 bits per heavy atom. The van der Waals surface area contributed by atoms with Gasteiger partial charge in [-0.15, -0.1) is 13.1 Å². The Hall–Kier alpha value is 0.622. The monoisotopic (exact) mass is 257 g/mol. The Labute approximate surface area is 52.2 Å². The van der Waals surface area contributed by atoms with Crippen LogP contribution in [0, 0.1) is 5.92 Å². The number of nitrogens with zero attached hydrogens (tertiary/aromatic N) is 1. The third-order valence-electron chi connectivity index (χ3n) is 0.882. The Balaban J connectivity index is 0.000000250. The maximum Gasteiger partial charge on any atom is 0 e. The van der Waals surface area contributed by atoms with Gasteiger partial charge in [0.15, 0.2) is 0 Å². The fraction of sp³-hybridized carbons (Fsp3) is 1.00. The molecule has 1 nitrogen and oxygen atoms in total. The predicted molar refractivity (Wildman–Crippen MR) is 22.3 cm³/mol. The molecule has 1 aliphatic rings. The van der Waals surface area contributed by atoms with Crippen LogP contribution in [0.15, 0.2) is 0 Å². The van der Waals surface area contributed by atoms with Crippen LogP contribution in [0.4, 0.5) is 0 Å². The van der Waals surface area contributed by atoms with Gasteiger partial charge in [-0.1, -0.05) is 12.8 Å². The standard InChI is InChI=1S/C4H8N.Re/c1-4-2-5-3-4;/h4H,2-3H2,1H3;/q-1;. The van der Waals surface area contributed by atoms with Crippen LogP contribution in [-0.4, -0.2) is 13.1 Å². The molecule has 0 aromatic heterocycles. The van der Waals surface area contributed by atoms with Crippen LogP contribution in [0.1, 0.15) is 6.92 Å². The predicted octanol–water partition coefficient (Wildman–Crippen LogP) is 1.01. The molecular formula is C4H8NRe-. The second-order valence-corrected chi connectivity index (χ2v) is 1.69. The zero-order valence-corrected chi connectivity index (χ0v) is 6.53. The van der Waals surface area contributed by atoms with E-state index in [0.29, 0.717) is 0 Å². The van der Waals surface area contributed by atoms with E-state index in [0.717, 1.165) is 19.0 Å². The second kappa shape index (κ2) is 2.74. The first-order valence-electron chi connectivity index (χ1n) is 2.03. The molecule has 0 bridgehead atoms. The molecule has 0 spiro atoms. The smallest absolute Gasteiger partial charge is 0 e. The molecule has 1 radical (unpaired) electrons. The largest absolute Gasteiger partial charge is 0.662 e. The molecule has 0 N–H and O–H groups in total. The molecule has 0 amide bonds. The van der Waals surface area contributed by atoms with Crippen molar-refractivity contribution in [2.75, 3.05) is 13.1 Å². The minimum Gasteiger partial charge on any atom is -0.662 e. The van der Waals surface area contributed by atoms with Crippen molar-refractivity contribution in [3.8, 4) is 0 Å². The fourth-order valence-electron chi connectivity index (χ4n) is 0.387. The third kappa shape index (κ3) is 1.38. The average molecular weight is 256 g/mol. The van der Waals surface area contributed by atoms with Gasteiger partial charge in [0.25, 0.3) is 0 Å². The fourth-order valence-corrected chi connectivity index (χ4v) is 0.387. The van der Waals surface area contributed by atoms with Crippen molar-refractivity contribution in [2.24, 2.45) is 5.92 Å². The van der Waals surface area contributed by atoms with Crippen LogP contribution >= 0.6 is 0 Å². The average Bonchev–Trinajstić information content (AvgIpc) is 1.30. The number of hydrogen-bond donors (Lipinski definition) is 0. The van der Waals surface area contributed by atoms with E-state index in [2.05, 4.69) is 12.2 Å². The molecule has 1 heterocycles. The Morgan fingerprint density at radius 1 is 1.50 bits per heavy atom. The van der Waals surface area contributed by atoms with Gasteiger partial charge in [0.2, 0.25) is 0 Å². The van der Waals surface area contributed by atoms with Crippen molar-refractivity contribution in [2.45, 2.75) is 6.92 Å². The van der Waals surface area contributed by atoms with Gasteiger partial charge in [-0.2, -0.15) is 0 Å². The number of hydrogen-bond acceptors (Lipinski definition) is 0. The van der Waals surface area contributed by atoms with Crippen LogP contribution in [0.2, 0.25) is 0 Å². The second-order valence-electron chi connectivity index (χ2n) is 1.69. The van der Waals surface area contributed by atoms with E-state index in [4.69, 9.17) is 0 Å². The summed E-state index contributed by atoms with van der Waals surface area (Å²) in [5.74, 6) is 0.898. The van der Waals surface area contributed by atoms with Gasteiger partial charge < -0.3 is 5.32 Å². The van der Waals surface area contributed by atoms with Crippen LogP contribution in [0.3, 0.4) is 0 Å². The molecule has 1 aliphatic heterocycles. The van der Waals surface area contributed by atoms with E-state index in [1.165, 1.54) is 0 Å².